The van der Waals surface area contributed by atoms with Crippen LogP contribution in [0.4, 0.5) is 0 Å². The van der Waals surface area contributed by atoms with Crippen LogP contribution in [0.5, 0.6) is 0 Å². The van der Waals surface area contributed by atoms with Crippen molar-refractivity contribution in [1.82, 2.24) is 5.32 Å². The molecule has 0 heterocycles. The highest BCUT2D eigenvalue weighted by molar-refractivity contribution is 7.45. The molecular weight excluding hydrogens is 1000 g/mol. The number of carbonyl (C=O) groups is 2. The molecule has 0 saturated carbocycles. The highest BCUT2D eigenvalue weighted by atomic mass is 31.2. The molecule has 0 aromatic heterocycles. The van der Waals surface area contributed by atoms with Gasteiger partial charge in [0.2, 0.25) is 5.91 Å². The molecule has 10 heteroatoms. The van der Waals surface area contributed by atoms with E-state index in [2.05, 4.69) is 111 Å². The normalized spacial score (nSPS) is 14.3. The molecule has 3 unspecified atom stereocenters. The van der Waals surface area contributed by atoms with Gasteiger partial charge in [-0.2, -0.15) is 0 Å². The molecule has 0 bridgehead atoms. The maximum absolute atomic E-state index is 13.5. The first-order valence-electron chi connectivity index (χ1n) is 32.5. The van der Waals surface area contributed by atoms with Gasteiger partial charge in [0.15, 0.2) is 0 Å². The van der Waals surface area contributed by atoms with Gasteiger partial charge in [-0.05, 0) is 102 Å². The number of phosphoric ester groups is 1. The Morgan fingerprint density at radius 3 is 1.27 bits per heavy atom. The molecule has 3 atom stereocenters. The number of likely N-dealkylation sites (N-methyl/N-ethyl adjacent to an activating group) is 1. The summed E-state index contributed by atoms with van der Waals surface area (Å²) in [6, 6.07) is -0.922. The first-order chi connectivity index (χ1) is 38.4. The Balaban J connectivity index is 5.15. The average Bonchev–Trinajstić information content (AvgIpc) is 3.41. The topological polar surface area (TPSA) is 114 Å². The van der Waals surface area contributed by atoms with E-state index in [0.717, 1.165) is 83.5 Å². The van der Waals surface area contributed by atoms with Crippen molar-refractivity contribution in [2.45, 2.75) is 290 Å². The second-order valence-corrected chi connectivity index (χ2v) is 24.3. The molecule has 1 N–H and O–H groups in total. The van der Waals surface area contributed by atoms with E-state index >= 15 is 0 Å². The van der Waals surface area contributed by atoms with Crippen molar-refractivity contribution in [3.63, 3.8) is 0 Å². The quantitative estimate of drug-likeness (QED) is 0.0212. The van der Waals surface area contributed by atoms with Crippen LogP contribution in [0.3, 0.4) is 0 Å². The van der Waals surface area contributed by atoms with Crippen LogP contribution in [0.25, 0.3) is 0 Å². The van der Waals surface area contributed by atoms with Gasteiger partial charge < -0.3 is 28.5 Å². The van der Waals surface area contributed by atoms with Crippen molar-refractivity contribution in [2.24, 2.45) is 0 Å². The number of hydrogen-bond acceptors (Lipinski definition) is 7. The summed E-state index contributed by atoms with van der Waals surface area (Å²) in [5.74, 6) is -0.609. The molecule has 0 fully saturated rings. The molecule has 9 nitrogen and oxygen atoms in total. The number of phosphoric acid groups is 1. The third-order valence-corrected chi connectivity index (χ3v) is 15.0. The first kappa shape index (κ1) is 75.9. The fourth-order valence-electron chi connectivity index (χ4n) is 9.00. The second-order valence-electron chi connectivity index (χ2n) is 22.9. The number of quaternary nitrogens is 1. The molecule has 0 saturated heterocycles. The minimum Gasteiger partial charge on any atom is -0.756 e. The average molecular weight is 1120 g/mol. The van der Waals surface area contributed by atoms with Gasteiger partial charge in [0, 0.05) is 12.8 Å². The fraction of sp³-hybridized carbons (Fsp3) is 0.739. The van der Waals surface area contributed by atoms with E-state index in [1.807, 2.05) is 33.3 Å². The highest BCUT2D eigenvalue weighted by Gasteiger charge is 2.27. The Bertz CT molecular complexity index is 1670. The molecule has 79 heavy (non-hydrogen) atoms. The van der Waals surface area contributed by atoms with Gasteiger partial charge in [-0.3, -0.25) is 14.2 Å². The van der Waals surface area contributed by atoms with Crippen molar-refractivity contribution in [2.75, 3.05) is 40.9 Å². The Morgan fingerprint density at radius 2 is 0.823 bits per heavy atom. The molecule has 0 aromatic rings. The third kappa shape index (κ3) is 59.4. The minimum absolute atomic E-state index is 0.0364. The smallest absolute Gasteiger partial charge is 0.306 e. The van der Waals surface area contributed by atoms with E-state index in [1.165, 1.54) is 154 Å². The van der Waals surface area contributed by atoms with Crippen LogP contribution in [0, 0.1) is 0 Å². The van der Waals surface area contributed by atoms with Crippen LogP contribution < -0.4 is 10.2 Å². The second kappa shape index (κ2) is 58.1. The number of allylic oxidation sites excluding steroid dienone is 15. The summed E-state index contributed by atoms with van der Waals surface area (Å²) in [6.45, 7) is 6.66. The fourth-order valence-corrected chi connectivity index (χ4v) is 9.72. The predicted molar refractivity (Wildman–Crippen MR) is 339 cm³/mol. The number of ether oxygens (including phenoxy) is 1. The summed E-state index contributed by atoms with van der Waals surface area (Å²) < 4.78 is 30.3. The van der Waals surface area contributed by atoms with Crippen LogP contribution >= 0.6 is 7.82 Å². The summed E-state index contributed by atoms with van der Waals surface area (Å²) >= 11 is 0. The number of rotatable bonds is 58. The first-order valence-corrected chi connectivity index (χ1v) is 34.0. The standard InChI is InChI=1S/C69H123N2O7P/c1-7-10-13-16-19-22-25-27-29-31-32-33-34-35-36-37-38-40-42-44-47-50-53-56-59-62-69(73)78-67(60-57-54-51-48-45-24-21-18-15-12-9-3)66(65-77-79(74,75)76-64-63-71(4,5)6)70-68(72)61-58-55-52-49-46-43-41-39-30-28-26-23-20-17-14-11-8-2/h11,14,19-20,22-23,27-30,41,43,49,52,57,60,66-67H,7-10,12-13,15-18,21,24-26,31-40,42,44-48,50-51,53-56,58-59,61-65H2,1-6H3,(H-,70,72,74,75)/b14-11-,22-19-,23-20-,29-27-,30-28-,43-41-,52-49-,60-57-. The van der Waals surface area contributed by atoms with Gasteiger partial charge in [0.1, 0.15) is 19.3 Å². The van der Waals surface area contributed by atoms with Crippen LogP contribution in [0.2, 0.25) is 0 Å². The van der Waals surface area contributed by atoms with Crippen molar-refractivity contribution in [3.05, 3.63) is 97.2 Å². The zero-order valence-corrected chi connectivity index (χ0v) is 52.9. The lowest BCUT2D eigenvalue weighted by atomic mass is 10.0. The number of unbranched alkanes of at least 4 members (excludes halogenated alkanes) is 28. The minimum atomic E-state index is -4.72. The molecule has 0 radical (unpaired) electrons. The molecule has 1 amide bonds. The van der Waals surface area contributed by atoms with Crippen LogP contribution in [0.1, 0.15) is 278 Å². The van der Waals surface area contributed by atoms with Gasteiger partial charge in [0.25, 0.3) is 7.82 Å². The SMILES string of the molecule is CC/C=C\C/C=C\C/C=C\C/C=C\C/C=C\CCCC(=O)NC(COP(=O)([O-])OCC[N+](C)(C)C)C(/C=C\CCCCCCCCCCC)OC(=O)CCCCCCCCCCCCCCCCC/C=C\C/C=C\CCCCC. The summed E-state index contributed by atoms with van der Waals surface area (Å²) in [5.41, 5.74) is 0. The van der Waals surface area contributed by atoms with Gasteiger partial charge in [-0.15, -0.1) is 0 Å². The lowest BCUT2D eigenvalue weighted by molar-refractivity contribution is -0.870. The molecular formula is C69H123N2O7P. The molecule has 0 aliphatic carbocycles. The van der Waals surface area contributed by atoms with E-state index in [0.29, 0.717) is 17.4 Å². The van der Waals surface area contributed by atoms with Crippen LogP contribution in [-0.4, -0.2) is 69.4 Å². The monoisotopic (exact) mass is 1120 g/mol. The number of amides is 1. The Morgan fingerprint density at radius 1 is 0.456 bits per heavy atom. The summed E-state index contributed by atoms with van der Waals surface area (Å²) in [6.07, 6.45) is 78.3. The number of hydrogen-bond donors (Lipinski definition) is 1. The van der Waals surface area contributed by atoms with E-state index < -0.39 is 26.6 Å². The summed E-state index contributed by atoms with van der Waals surface area (Å²) in [4.78, 5) is 40.0. The molecule has 0 aliphatic heterocycles. The van der Waals surface area contributed by atoms with E-state index in [1.54, 1.807) is 0 Å². The number of nitrogens with zero attached hydrogens (tertiary/aromatic N) is 1. The van der Waals surface area contributed by atoms with Crippen LogP contribution in [0.15, 0.2) is 97.2 Å². The Labute approximate surface area is 488 Å². The van der Waals surface area contributed by atoms with Gasteiger partial charge >= 0.3 is 5.97 Å². The van der Waals surface area contributed by atoms with E-state index in [4.69, 9.17) is 13.8 Å². The molecule has 0 spiro atoms. The van der Waals surface area contributed by atoms with Crippen molar-refractivity contribution >= 4 is 19.7 Å². The van der Waals surface area contributed by atoms with Crippen molar-refractivity contribution < 1.29 is 37.3 Å². The highest BCUT2D eigenvalue weighted by Crippen LogP contribution is 2.38. The van der Waals surface area contributed by atoms with Crippen molar-refractivity contribution in [3.8, 4) is 0 Å². The van der Waals surface area contributed by atoms with E-state index in [9.17, 15) is 19.0 Å². The lowest BCUT2D eigenvalue weighted by Gasteiger charge is -2.30. The van der Waals surface area contributed by atoms with Gasteiger partial charge in [-0.25, -0.2) is 0 Å². The Kier molecular flexibility index (Phi) is 55.9. The number of nitrogens with one attached hydrogen (secondary N) is 1. The summed E-state index contributed by atoms with van der Waals surface area (Å²) in [5, 5.41) is 2.99. The predicted octanol–water partition coefficient (Wildman–Crippen LogP) is 19.7. The van der Waals surface area contributed by atoms with Crippen molar-refractivity contribution in [1.29, 1.82) is 0 Å². The zero-order valence-electron chi connectivity index (χ0n) is 52.1. The largest absolute Gasteiger partial charge is 0.756 e. The van der Waals surface area contributed by atoms with Gasteiger partial charge in [-0.1, -0.05) is 260 Å². The Hall–Kier alpha value is -3.07. The zero-order chi connectivity index (χ0) is 57.9. The number of carbonyl (C=O) groups excluding carboxylic acids is 2. The molecule has 0 aromatic carbocycles. The van der Waals surface area contributed by atoms with Gasteiger partial charge in [0.05, 0.1) is 33.8 Å². The molecule has 456 valence electrons. The molecule has 0 aliphatic rings. The lowest BCUT2D eigenvalue weighted by Crippen LogP contribution is -2.47. The molecule has 0 rings (SSSR count). The third-order valence-electron chi connectivity index (χ3n) is 14.0. The van der Waals surface area contributed by atoms with E-state index in [-0.39, 0.29) is 31.3 Å². The van der Waals surface area contributed by atoms with Crippen LogP contribution in [-0.2, 0) is 27.9 Å². The maximum Gasteiger partial charge on any atom is 0.306 e. The summed E-state index contributed by atoms with van der Waals surface area (Å²) in [7, 11) is 1.14. The number of esters is 1. The maximum atomic E-state index is 13.5.